The van der Waals surface area contributed by atoms with E-state index in [4.69, 9.17) is 0 Å². The summed E-state index contributed by atoms with van der Waals surface area (Å²) in [5.41, 5.74) is 7.73. The first-order valence-electron chi connectivity index (χ1n) is 5.70. The van der Waals surface area contributed by atoms with Gasteiger partial charge in [-0.25, -0.2) is 0 Å². The normalized spacial score (nSPS) is 13.6. The predicted octanol–water partition coefficient (Wildman–Crippen LogP) is 2.12. The number of carbonyl (C=O) groups is 1. The van der Waals surface area contributed by atoms with E-state index in [2.05, 4.69) is 37.1 Å². The van der Waals surface area contributed by atoms with Gasteiger partial charge in [0, 0.05) is 27.8 Å². The molecule has 19 heavy (non-hydrogen) atoms. The Kier molecular flexibility index (Phi) is 3.00. The van der Waals surface area contributed by atoms with E-state index in [1.54, 1.807) is 18.5 Å². The van der Waals surface area contributed by atoms with Crippen LogP contribution in [0.15, 0.2) is 52.9 Å². The minimum atomic E-state index is -0.174. The molecule has 1 amide bonds. The van der Waals surface area contributed by atoms with Gasteiger partial charge in [0.2, 0.25) is 0 Å². The minimum Gasteiger partial charge on any atom is -0.350 e. The van der Waals surface area contributed by atoms with Gasteiger partial charge in [0.1, 0.15) is 5.69 Å². The van der Waals surface area contributed by atoms with Crippen molar-refractivity contribution in [1.29, 1.82) is 0 Å². The van der Waals surface area contributed by atoms with E-state index in [0.717, 1.165) is 15.4 Å². The average molecular weight is 319 g/mol. The Morgan fingerprint density at radius 1 is 1.21 bits per heavy atom. The van der Waals surface area contributed by atoms with E-state index in [-0.39, 0.29) is 5.91 Å². The Morgan fingerprint density at radius 3 is 2.89 bits per heavy atom. The third-order valence-electron chi connectivity index (χ3n) is 2.74. The zero-order chi connectivity index (χ0) is 13.2. The van der Waals surface area contributed by atoms with Gasteiger partial charge in [0.25, 0.3) is 5.91 Å². The Labute approximate surface area is 117 Å². The molecule has 1 aliphatic rings. The molecule has 0 fully saturated rings. The summed E-state index contributed by atoms with van der Waals surface area (Å²) >= 11 is 3.40. The summed E-state index contributed by atoms with van der Waals surface area (Å²) in [6, 6.07) is 7.67. The molecule has 0 radical (unpaired) electrons. The van der Waals surface area contributed by atoms with E-state index in [9.17, 15) is 4.79 Å². The number of H-pyrrole nitrogens is 1. The number of fused-ring (bicyclic) bond motifs is 1. The predicted molar refractivity (Wildman–Crippen MR) is 77.0 cm³/mol. The highest BCUT2D eigenvalue weighted by Crippen LogP contribution is 2.20. The van der Waals surface area contributed by atoms with Gasteiger partial charge in [-0.15, -0.1) is 0 Å². The number of hydrogen-bond acceptors (Lipinski definition) is 3. The molecule has 1 aromatic carbocycles. The van der Waals surface area contributed by atoms with Gasteiger partial charge >= 0.3 is 0 Å². The number of hydrogen-bond donors (Lipinski definition) is 4. The molecule has 0 unspecified atom stereocenters. The molecular weight excluding hydrogens is 308 g/mol. The first kappa shape index (κ1) is 11.9. The second kappa shape index (κ2) is 4.81. The molecule has 2 aromatic rings. The first-order chi connectivity index (χ1) is 9.22. The number of halogens is 1. The van der Waals surface area contributed by atoms with Crippen LogP contribution in [0.4, 0.5) is 0 Å². The lowest BCUT2D eigenvalue weighted by Crippen LogP contribution is -2.30. The van der Waals surface area contributed by atoms with Crippen molar-refractivity contribution in [3.8, 4) is 0 Å². The third kappa shape index (κ3) is 2.48. The number of nitrogens with one attached hydrogen (secondary N) is 4. The summed E-state index contributed by atoms with van der Waals surface area (Å²) < 4.78 is 0.974. The zero-order valence-corrected chi connectivity index (χ0v) is 11.4. The van der Waals surface area contributed by atoms with Gasteiger partial charge in [-0.3, -0.25) is 4.79 Å². The third-order valence-corrected chi connectivity index (χ3v) is 3.24. The van der Waals surface area contributed by atoms with Gasteiger partial charge in [-0.1, -0.05) is 22.0 Å². The van der Waals surface area contributed by atoms with Crippen LogP contribution < -0.4 is 16.2 Å². The standard InChI is InChI=1S/C13H11BrN4O/c14-9-2-1-8-5-12(18-11(8)6-9)13(19)17-10-3-4-15-16-7-10/h1-7,15-16,18H,(H,17,19). The first-order valence-corrected chi connectivity index (χ1v) is 6.49. The van der Waals surface area contributed by atoms with Gasteiger partial charge in [0.15, 0.2) is 0 Å². The summed E-state index contributed by atoms with van der Waals surface area (Å²) in [6.07, 6.45) is 5.16. The van der Waals surface area contributed by atoms with Crippen molar-refractivity contribution in [3.05, 3.63) is 58.6 Å². The molecule has 4 N–H and O–H groups in total. The van der Waals surface area contributed by atoms with Crippen molar-refractivity contribution >= 4 is 32.7 Å². The highest BCUT2D eigenvalue weighted by Gasteiger charge is 2.10. The van der Waals surface area contributed by atoms with E-state index in [1.165, 1.54) is 0 Å². The summed E-state index contributed by atoms with van der Waals surface area (Å²) in [4.78, 5) is 15.2. The summed E-state index contributed by atoms with van der Waals surface area (Å²) in [5, 5.41) is 3.80. The molecule has 2 heterocycles. The second-order valence-electron chi connectivity index (χ2n) is 4.09. The smallest absolute Gasteiger partial charge is 0.272 e. The van der Waals surface area contributed by atoms with Crippen LogP contribution in [0.3, 0.4) is 0 Å². The van der Waals surface area contributed by atoms with Gasteiger partial charge in [0.05, 0.1) is 5.70 Å². The Bertz CT molecular complexity index is 702. The molecule has 0 bridgehead atoms. The SMILES string of the molecule is O=C(NC1=CNNC=C1)c1cc2ccc(Br)cc2[nH]1. The Hall–Kier alpha value is -2.21. The summed E-state index contributed by atoms with van der Waals surface area (Å²) in [7, 11) is 0. The highest BCUT2D eigenvalue weighted by molar-refractivity contribution is 9.10. The highest BCUT2D eigenvalue weighted by atomic mass is 79.9. The van der Waals surface area contributed by atoms with Crippen LogP contribution in [0.25, 0.3) is 10.9 Å². The maximum atomic E-state index is 12.1. The summed E-state index contributed by atoms with van der Waals surface area (Å²) in [6.45, 7) is 0. The Morgan fingerprint density at radius 2 is 2.11 bits per heavy atom. The molecule has 96 valence electrons. The molecule has 0 spiro atoms. The van der Waals surface area contributed by atoms with Crippen molar-refractivity contribution in [2.75, 3.05) is 0 Å². The van der Waals surface area contributed by atoms with E-state index in [0.29, 0.717) is 11.4 Å². The molecule has 5 nitrogen and oxygen atoms in total. The van der Waals surface area contributed by atoms with Crippen molar-refractivity contribution in [3.63, 3.8) is 0 Å². The molecule has 3 rings (SSSR count). The number of aromatic amines is 1. The van der Waals surface area contributed by atoms with Crippen LogP contribution >= 0.6 is 15.9 Å². The Balaban J connectivity index is 1.85. The van der Waals surface area contributed by atoms with Crippen LogP contribution in [0.2, 0.25) is 0 Å². The quantitative estimate of drug-likeness (QED) is 0.685. The maximum absolute atomic E-state index is 12.1. The fourth-order valence-corrected chi connectivity index (χ4v) is 2.21. The average Bonchev–Trinajstić information content (AvgIpc) is 2.83. The maximum Gasteiger partial charge on any atom is 0.272 e. The molecule has 0 saturated carbocycles. The van der Waals surface area contributed by atoms with Gasteiger partial charge < -0.3 is 21.2 Å². The number of aromatic nitrogens is 1. The van der Waals surface area contributed by atoms with Crippen LogP contribution in [0.5, 0.6) is 0 Å². The number of hydrazine groups is 1. The van der Waals surface area contributed by atoms with Crippen molar-refractivity contribution in [1.82, 2.24) is 21.2 Å². The van der Waals surface area contributed by atoms with E-state index in [1.807, 2.05) is 24.3 Å². The number of carbonyl (C=O) groups excluding carboxylic acids is 1. The van der Waals surface area contributed by atoms with Gasteiger partial charge in [-0.2, -0.15) is 0 Å². The molecule has 1 aromatic heterocycles. The number of allylic oxidation sites excluding steroid dienone is 1. The number of rotatable bonds is 2. The van der Waals surface area contributed by atoms with Crippen LogP contribution in [0, 0.1) is 0 Å². The molecule has 0 atom stereocenters. The number of amides is 1. The topological polar surface area (TPSA) is 69.0 Å². The van der Waals surface area contributed by atoms with Crippen LogP contribution in [-0.2, 0) is 0 Å². The van der Waals surface area contributed by atoms with E-state index >= 15 is 0 Å². The fourth-order valence-electron chi connectivity index (χ4n) is 1.84. The monoisotopic (exact) mass is 318 g/mol. The lowest BCUT2D eigenvalue weighted by atomic mass is 10.2. The minimum absolute atomic E-state index is 0.174. The van der Waals surface area contributed by atoms with Crippen molar-refractivity contribution < 1.29 is 4.79 Å². The molecule has 0 saturated heterocycles. The zero-order valence-electron chi connectivity index (χ0n) is 9.83. The van der Waals surface area contributed by atoms with Crippen molar-refractivity contribution in [2.45, 2.75) is 0 Å². The van der Waals surface area contributed by atoms with Crippen LogP contribution in [0.1, 0.15) is 10.5 Å². The molecular formula is C13H11BrN4O. The largest absolute Gasteiger partial charge is 0.350 e. The molecule has 0 aliphatic carbocycles. The summed E-state index contributed by atoms with van der Waals surface area (Å²) in [5.74, 6) is -0.174. The second-order valence-corrected chi connectivity index (χ2v) is 5.01. The van der Waals surface area contributed by atoms with Gasteiger partial charge in [-0.05, 0) is 24.3 Å². The van der Waals surface area contributed by atoms with Crippen molar-refractivity contribution in [2.24, 2.45) is 0 Å². The van der Waals surface area contributed by atoms with E-state index < -0.39 is 0 Å². The molecule has 1 aliphatic heterocycles. The fraction of sp³-hybridized carbons (Fsp3) is 0. The van der Waals surface area contributed by atoms with Crippen LogP contribution in [-0.4, -0.2) is 10.9 Å². The molecule has 6 heteroatoms. The number of benzene rings is 1. The lowest BCUT2D eigenvalue weighted by molar-refractivity contribution is 0.0962. The lowest BCUT2D eigenvalue weighted by Gasteiger charge is -2.10.